The molecule has 0 aliphatic rings. The van der Waals surface area contributed by atoms with Crippen LogP contribution in [-0.2, 0) is 19.1 Å². The predicted molar refractivity (Wildman–Crippen MR) is 155 cm³/mol. The maximum Gasteiger partial charge on any atom is 0.333 e. The molecule has 0 fully saturated rings. The standard InChI is InChI=1S/C18H34O2.C14H26O2/c1-4-5-6-7-8-9-10-11-12-13-14-15-16-20-18(19)17(2)3;1-4-5-6-7-8-9-10-11-12-16-14(15)13(2)3/h2,4-16H2,1,3H3;2,4-12H2,1,3H3. The lowest BCUT2D eigenvalue weighted by atomic mass is 10.1. The second kappa shape index (κ2) is 29.6. The fourth-order valence-electron chi connectivity index (χ4n) is 3.76. The first-order valence-corrected chi connectivity index (χ1v) is 15.0. The second-order valence-corrected chi connectivity index (χ2v) is 10.2. The van der Waals surface area contributed by atoms with E-state index in [0.717, 1.165) is 19.3 Å². The molecule has 0 aromatic heterocycles. The minimum Gasteiger partial charge on any atom is -0.462 e. The number of rotatable bonds is 24. The second-order valence-electron chi connectivity index (χ2n) is 10.2. The molecule has 0 rings (SSSR count). The van der Waals surface area contributed by atoms with Crippen molar-refractivity contribution in [1.82, 2.24) is 0 Å². The van der Waals surface area contributed by atoms with Crippen molar-refractivity contribution in [3.63, 3.8) is 0 Å². The van der Waals surface area contributed by atoms with E-state index in [0.29, 0.717) is 24.4 Å². The highest BCUT2D eigenvalue weighted by Gasteiger charge is 2.02. The lowest BCUT2D eigenvalue weighted by Gasteiger charge is -2.04. The number of ether oxygens (including phenoxy) is 2. The maximum atomic E-state index is 11.1. The van der Waals surface area contributed by atoms with E-state index in [1.54, 1.807) is 13.8 Å². The maximum absolute atomic E-state index is 11.1. The van der Waals surface area contributed by atoms with Gasteiger partial charge < -0.3 is 9.47 Å². The molecule has 0 aromatic rings. The Labute approximate surface area is 224 Å². The molecular weight excluding hydrogens is 448 g/mol. The minimum atomic E-state index is -0.261. The van der Waals surface area contributed by atoms with Crippen LogP contribution in [0, 0.1) is 0 Å². The number of unbranched alkanes of at least 4 members (excludes halogenated alkanes) is 18. The summed E-state index contributed by atoms with van der Waals surface area (Å²) in [5.41, 5.74) is 0.975. The van der Waals surface area contributed by atoms with Crippen LogP contribution in [0.15, 0.2) is 24.3 Å². The van der Waals surface area contributed by atoms with Crippen LogP contribution in [0.4, 0.5) is 0 Å². The fourth-order valence-corrected chi connectivity index (χ4v) is 3.76. The molecule has 0 unspecified atom stereocenters. The third-order valence-corrected chi connectivity index (χ3v) is 6.16. The quantitative estimate of drug-likeness (QED) is 0.0739. The van der Waals surface area contributed by atoms with Crippen LogP contribution < -0.4 is 0 Å². The van der Waals surface area contributed by atoms with Crippen molar-refractivity contribution in [2.75, 3.05) is 13.2 Å². The van der Waals surface area contributed by atoms with Crippen LogP contribution in [0.2, 0.25) is 0 Å². The lowest BCUT2D eigenvalue weighted by molar-refractivity contribution is -0.139. The molecule has 0 heterocycles. The largest absolute Gasteiger partial charge is 0.462 e. The van der Waals surface area contributed by atoms with Gasteiger partial charge >= 0.3 is 11.9 Å². The Morgan fingerprint density at radius 2 is 0.667 bits per heavy atom. The molecular formula is C32H60O4. The highest BCUT2D eigenvalue weighted by Crippen LogP contribution is 2.12. The van der Waals surface area contributed by atoms with Gasteiger partial charge in [-0.25, -0.2) is 9.59 Å². The number of hydrogen-bond acceptors (Lipinski definition) is 4. The van der Waals surface area contributed by atoms with E-state index in [1.165, 1.54) is 109 Å². The Hall–Kier alpha value is -1.58. The van der Waals surface area contributed by atoms with E-state index in [4.69, 9.17) is 9.47 Å². The predicted octanol–water partition coefficient (Wildman–Crippen LogP) is 10.1. The normalized spacial score (nSPS) is 10.3. The highest BCUT2D eigenvalue weighted by atomic mass is 16.5. The molecule has 0 aliphatic carbocycles. The van der Waals surface area contributed by atoms with Gasteiger partial charge in [-0.1, -0.05) is 143 Å². The van der Waals surface area contributed by atoms with Crippen LogP contribution in [-0.4, -0.2) is 25.2 Å². The van der Waals surface area contributed by atoms with Crippen molar-refractivity contribution in [3.05, 3.63) is 24.3 Å². The van der Waals surface area contributed by atoms with E-state index in [9.17, 15) is 9.59 Å². The molecule has 0 aliphatic heterocycles. The average Bonchev–Trinajstić information content (AvgIpc) is 2.85. The van der Waals surface area contributed by atoms with Crippen LogP contribution in [0.25, 0.3) is 0 Å². The molecule has 4 nitrogen and oxygen atoms in total. The smallest absolute Gasteiger partial charge is 0.333 e. The van der Waals surface area contributed by atoms with Gasteiger partial charge in [0.1, 0.15) is 0 Å². The Morgan fingerprint density at radius 3 is 0.889 bits per heavy atom. The summed E-state index contributed by atoms with van der Waals surface area (Å²) >= 11 is 0. The van der Waals surface area contributed by atoms with Crippen molar-refractivity contribution >= 4 is 11.9 Å². The van der Waals surface area contributed by atoms with Gasteiger partial charge in [-0.05, 0) is 26.7 Å². The van der Waals surface area contributed by atoms with Crippen molar-refractivity contribution in [1.29, 1.82) is 0 Å². The monoisotopic (exact) mass is 508 g/mol. The molecule has 0 spiro atoms. The summed E-state index contributed by atoms with van der Waals surface area (Å²) in [5, 5.41) is 0. The van der Waals surface area contributed by atoms with Gasteiger partial charge in [0.15, 0.2) is 0 Å². The number of carbonyl (C=O) groups is 2. The van der Waals surface area contributed by atoms with Gasteiger partial charge in [0.25, 0.3) is 0 Å². The van der Waals surface area contributed by atoms with Crippen LogP contribution in [0.5, 0.6) is 0 Å². The van der Waals surface area contributed by atoms with Gasteiger partial charge in [-0.2, -0.15) is 0 Å². The zero-order valence-corrected chi connectivity index (χ0v) is 24.6. The molecule has 0 N–H and O–H groups in total. The molecule has 4 heteroatoms. The molecule has 0 radical (unpaired) electrons. The first kappa shape index (κ1) is 36.6. The first-order valence-electron chi connectivity index (χ1n) is 15.0. The minimum absolute atomic E-state index is 0.256. The van der Waals surface area contributed by atoms with Gasteiger partial charge in [-0.3, -0.25) is 0 Å². The summed E-state index contributed by atoms with van der Waals surface area (Å²) in [6.45, 7) is 16.0. The van der Waals surface area contributed by atoms with Gasteiger partial charge in [0.05, 0.1) is 13.2 Å². The number of esters is 2. The number of carbonyl (C=O) groups excluding carboxylic acids is 2. The molecule has 0 atom stereocenters. The highest BCUT2D eigenvalue weighted by molar-refractivity contribution is 5.87. The first-order chi connectivity index (χ1) is 17.4. The number of hydrogen-bond donors (Lipinski definition) is 0. The summed E-state index contributed by atoms with van der Waals surface area (Å²) < 4.78 is 10.1. The summed E-state index contributed by atoms with van der Waals surface area (Å²) in [7, 11) is 0. The Morgan fingerprint density at radius 1 is 0.444 bits per heavy atom. The van der Waals surface area contributed by atoms with Crippen molar-refractivity contribution in [2.24, 2.45) is 0 Å². The van der Waals surface area contributed by atoms with E-state index in [2.05, 4.69) is 27.0 Å². The van der Waals surface area contributed by atoms with Crippen LogP contribution in [0.1, 0.15) is 156 Å². The molecule has 0 saturated heterocycles. The summed E-state index contributed by atoms with van der Waals surface area (Å²) in [6.07, 6.45) is 25.9. The van der Waals surface area contributed by atoms with Crippen molar-refractivity contribution in [3.8, 4) is 0 Å². The van der Waals surface area contributed by atoms with E-state index in [1.807, 2.05) is 0 Å². The molecule has 212 valence electrons. The van der Waals surface area contributed by atoms with Crippen LogP contribution >= 0.6 is 0 Å². The topological polar surface area (TPSA) is 52.6 Å². The zero-order chi connectivity index (χ0) is 27.3. The third kappa shape index (κ3) is 30.5. The van der Waals surface area contributed by atoms with E-state index < -0.39 is 0 Å². The summed E-state index contributed by atoms with van der Waals surface area (Å²) in [5.74, 6) is -0.518. The third-order valence-electron chi connectivity index (χ3n) is 6.16. The lowest BCUT2D eigenvalue weighted by Crippen LogP contribution is -2.05. The molecule has 0 aromatic carbocycles. The summed E-state index contributed by atoms with van der Waals surface area (Å²) in [4.78, 5) is 22.2. The van der Waals surface area contributed by atoms with E-state index in [-0.39, 0.29) is 11.9 Å². The van der Waals surface area contributed by atoms with Gasteiger partial charge in [-0.15, -0.1) is 0 Å². The molecule has 0 saturated carbocycles. The summed E-state index contributed by atoms with van der Waals surface area (Å²) in [6, 6.07) is 0. The fraction of sp³-hybridized carbons (Fsp3) is 0.812. The van der Waals surface area contributed by atoms with Crippen molar-refractivity contribution in [2.45, 2.75) is 156 Å². The SMILES string of the molecule is C=C(C)C(=O)OCCCCCCCCCC.C=C(C)C(=O)OCCCCCCCCCCCCCC. The average molecular weight is 509 g/mol. The zero-order valence-electron chi connectivity index (χ0n) is 24.6. The molecule has 0 amide bonds. The Balaban J connectivity index is 0. The Kier molecular flexibility index (Phi) is 30.1. The van der Waals surface area contributed by atoms with Crippen LogP contribution in [0.3, 0.4) is 0 Å². The van der Waals surface area contributed by atoms with E-state index >= 15 is 0 Å². The van der Waals surface area contributed by atoms with Gasteiger partial charge in [0.2, 0.25) is 0 Å². The molecule has 0 bridgehead atoms. The van der Waals surface area contributed by atoms with Gasteiger partial charge in [0, 0.05) is 11.1 Å². The van der Waals surface area contributed by atoms with Crippen molar-refractivity contribution < 1.29 is 19.1 Å². The molecule has 36 heavy (non-hydrogen) atoms. The Bertz CT molecular complexity index is 538.